The van der Waals surface area contributed by atoms with Crippen LogP contribution in [0.5, 0.6) is 5.75 Å². The molecule has 1 saturated heterocycles. The van der Waals surface area contributed by atoms with Crippen LogP contribution < -0.4 is 4.90 Å². The minimum absolute atomic E-state index is 0.105. The van der Waals surface area contributed by atoms with Gasteiger partial charge in [-0.1, -0.05) is 23.7 Å². The van der Waals surface area contributed by atoms with E-state index in [2.05, 4.69) is 10.00 Å². The van der Waals surface area contributed by atoms with Gasteiger partial charge in [-0.15, -0.1) is 0 Å². The van der Waals surface area contributed by atoms with Gasteiger partial charge in [0.25, 0.3) is 0 Å². The number of aromatic nitrogens is 2. The highest BCUT2D eigenvalue weighted by molar-refractivity contribution is 6.30. The van der Waals surface area contributed by atoms with Crippen LogP contribution in [0, 0.1) is 13.8 Å². The summed E-state index contributed by atoms with van der Waals surface area (Å²) in [6.07, 6.45) is 0.335. The summed E-state index contributed by atoms with van der Waals surface area (Å²) < 4.78 is 1.87. The Hall–Kier alpha value is -2.99. The van der Waals surface area contributed by atoms with Crippen molar-refractivity contribution in [1.29, 1.82) is 0 Å². The molecule has 3 aromatic rings. The molecule has 0 atom stereocenters. The molecule has 2 aromatic carbocycles. The number of rotatable bonds is 4. The van der Waals surface area contributed by atoms with Crippen LogP contribution in [0.15, 0.2) is 48.5 Å². The third-order valence-electron chi connectivity index (χ3n) is 5.70. The lowest BCUT2D eigenvalue weighted by Gasteiger charge is -2.36. The predicted octanol–water partition coefficient (Wildman–Crippen LogP) is 3.74. The highest BCUT2D eigenvalue weighted by atomic mass is 35.5. The predicted molar refractivity (Wildman–Crippen MR) is 119 cm³/mol. The van der Waals surface area contributed by atoms with Gasteiger partial charge in [-0.05, 0) is 50.2 Å². The van der Waals surface area contributed by atoms with Gasteiger partial charge in [0.05, 0.1) is 23.5 Å². The lowest BCUT2D eigenvalue weighted by molar-refractivity contribution is -0.130. The van der Waals surface area contributed by atoms with Gasteiger partial charge in [0, 0.05) is 42.5 Å². The van der Waals surface area contributed by atoms with Crippen LogP contribution in [0.4, 0.5) is 5.69 Å². The van der Waals surface area contributed by atoms with Crippen LogP contribution in [0.1, 0.15) is 17.0 Å². The lowest BCUT2D eigenvalue weighted by atomic mass is 10.1. The molecule has 0 bridgehead atoms. The number of hydrogen-bond donors (Lipinski definition) is 1. The Morgan fingerprint density at radius 3 is 2.37 bits per heavy atom. The average Bonchev–Trinajstić information content (AvgIpc) is 3.03. The quantitative estimate of drug-likeness (QED) is 0.693. The van der Waals surface area contributed by atoms with Gasteiger partial charge >= 0.3 is 0 Å². The Balaban J connectivity index is 1.44. The van der Waals surface area contributed by atoms with Crippen molar-refractivity contribution in [3.8, 4) is 11.4 Å². The zero-order valence-electron chi connectivity index (χ0n) is 17.2. The summed E-state index contributed by atoms with van der Waals surface area (Å²) in [5, 5.41) is 15.4. The number of amides is 1. The van der Waals surface area contributed by atoms with Gasteiger partial charge in [-0.25, -0.2) is 4.68 Å². The van der Waals surface area contributed by atoms with Crippen LogP contribution in [0.25, 0.3) is 5.69 Å². The number of piperazine rings is 1. The first-order chi connectivity index (χ1) is 14.4. The lowest BCUT2D eigenvalue weighted by Crippen LogP contribution is -2.49. The fourth-order valence-electron chi connectivity index (χ4n) is 3.96. The molecule has 0 unspecified atom stereocenters. The van der Waals surface area contributed by atoms with Gasteiger partial charge in [-0.3, -0.25) is 4.79 Å². The minimum atomic E-state index is 0.105. The molecule has 1 fully saturated rings. The third-order valence-corrected chi connectivity index (χ3v) is 5.95. The topological polar surface area (TPSA) is 61.6 Å². The maximum absolute atomic E-state index is 13.0. The Labute approximate surface area is 181 Å². The molecule has 4 rings (SSSR count). The van der Waals surface area contributed by atoms with E-state index in [-0.39, 0.29) is 11.7 Å². The summed E-state index contributed by atoms with van der Waals surface area (Å²) >= 11 is 5.99. The van der Waals surface area contributed by atoms with Crippen molar-refractivity contribution < 1.29 is 9.90 Å². The van der Waals surface area contributed by atoms with E-state index >= 15 is 0 Å². The second-order valence-electron chi connectivity index (χ2n) is 7.57. The molecular formula is C23H25ClN4O2. The van der Waals surface area contributed by atoms with Crippen molar-refractivity contribution in [3.63, 3.8) is 0 Å². The van der Waals surface area contributed by atoms with Crippen molar-refractivity contribution in [2.45, 2.75) is 20.3 Å². The number of phenols is 1. The zero-order chi connectivity index (χ0) is 21.3. The first-order valence-corrected chi connectivity index (χ1v) is 10.4. The van der Waals surface area contributed by atoms with Crippen LogP contribution in [0.2, 0.25) is 5.02 Å². The second kappa shape index (κ2) is 8.40. The summed E-state index contributed by atoms with van der Waals surface area (Å²) in [5.74, 6) is 0.381. The van der Waals surface area contributed by atoms with E-state index in [1.807, 2.05) is 65.9 Å². The first kappa shape index (κ1) is 20.3. The molecule has 1 aromatic heterocycles. The molecule has 2 heterocycles. The van der Waals surface area contributed by atoms with E-state index in [1.165, 1.54) is 0 Å². The average molecular weight is 425 g/mol. The number of carbonyl (C=O) groups is 1. The Morgan fingerprint density at radius 2 is 1.70 bits per heavy atom. The molecule has 1 aliphatic heterocycles. The number of aryl methyl sites for hydroxylation is 1. The molecule has 30 heavy (non-hydrogen) atoms. The molecular weight excluding hydrogens is 400 g/mol. The summed E-state index contributed by atoms with van der Waals surface area (Å²) in [5.41, 5.74) is 4.55. The highest BCUT2D eigenvalue weighted by Gasteiger charge is 2.24. The molecule has 0 spiro atoms. The van der Waals surface area contributed by atoms with E-state index < -0.39 is 0 Å². The molecule has 1 N–H and O–H groups in total. The fraction of sp³-hybridized carbons (Fsp3) is 0.304. The maximum Gasteiger partial charge on any atom is 0.227 e. The second-order valence-corrected chi connectivity index (χ2v) is 8.01. The van der Waals surface area contributed by atoms with E-state index in [4.69, 9.17) is 11.6 Å². The standard InChI is InChI=1S/C23H25ClN4O2/c1-16-20(17(2)28(25-16)19-9-7-18(24)8-10-19)15-23(30)27-13-11-26(12-14-27)21-5-3-4-6-22(21)29/h3-10,29H,11-15H2,1-2H3. The van der Waals surface area contributed by atoms with Crippen molar-refractivity contribution in [2.75, 3.05) is 31.1 Å². The zero-order valence-corrected chi connectivity index (χ0v) is 17.9. The Bertz CT molecular complexity index is 1050. The summed E-state index contributed by atoms with van der Waals surface area (Å²) in [6, 6.07) is 14.8. The van der Waals surface area contributed by atoms with Gasteiger partial charge in [0.2, 0.25) is 5.91 Å². The number of anilines is 1. The van der Waals surface area contributed by atoms with E-state index in [0.29, 0.717) is 37.6 Å². The summed E-state index contributed by atoms with van der Waals surface area (Å²) in [6.45, 7) is 6.61. The van der Waals surface area contributed by atoms with Crippen LogP contribution >= 0.6 is 11.6 Å². The number of para-hydroxylation sites is 2. The highest BCUT2D eigenvalue weighted by Crippen LogP contribution is 2.27. The maximum atomic E-state index is 13.0. The molecule has 1 aliphatic rings. The Kier molecular flexibility index (Phi) is 5.68. The van der Waals surface area contributed by atoms with Gasteiger partial charge in [0.1, 0.15) is 5.75 Å². The number of nitrogens with zero attached hydrogens (tertiary/aromatic N) is 4. The Morgan fingerprint density at radius 1 is 1.03 bits per heavy atom. The number of benzene rings is 2. The van der Waals surface area contributed by atoms with Crippen molar-refractivity contribution >= 4 is 23.2 Å². The van der Waals surface area contributed by atoms with Crippen molar-refractivity contribution in [3.05, 3.63) is 70.5 Å². The van der Waals surface area contributed by atoms with Crippen LogP contribution in [-0.4, -0.2) is 51.9 Å². The number of halogens is 1. The summed E-state index contributed by atoms with van der Waals surface area (Å²) in [7, 11) is 0. The van der Waals surface area contributed by atoms with Crippen LogP contribution in [0.3, 0.4) is 0 Å². The van der Waals surface area contributed by atoms with Gasteiger partial charge in [0.15, 0.2) is 0 Å². The fourth-order valence-corrected chi connectivity index (χ4v) is 4.08. The SMILES string of the molecule is Cc1nn(-c2ccc(Cl)cc2)c(C)c1CC(=O)N1CCN(c2ccccc2O)CC1. The molecule has 0 aliphatic carbocycles. The largest absolute Gasteiger partial charge is 0.506 e. The van der Waals surface area contributed by atoms with Crippen LogP contribution in [-0.2, 0) is 11.2 Å². The normalized spacial score (nSPS) is 14.2. The third kappa shape index (κ3) is 4.00. The molecule has 0 radical (unpaired) electrons. The molecule has 6 nitrogen and oxygen atoms in total. The van der Waals surface area contributed by atoms with Crippen molar-refractivity contribution in [2.24, 2.45) is 0 Å². The van der Waals surface area contributed by atoms with Gasteiger partial charge < -0.3 is 14.9 Å². The molecule has 156 valence electrons. The van der Waals surface area contributed by atoms with E-state index in [0.717, 1.165) is 28.3 Å². The monoisotopic (exact) mass is 424 g/mol. The van der Waals surface area contributed by atoms with Gasteiger partial charge in [-0.2, -0.15) is 5.10 Å². The smallest absolute Gasteiger partial charge is 0.227 e. The molecule has 0 saturated carbocycles. The minimum Gasteiger partial charge on any atom is -0.506 e. The number of hydrogen-bond acceptors (Lipinski definition) is 4. The number of carbonyl (C=O) groups excluding carboxylic acids is 1. The van der Waals surface area contributed by atoms with E-state index in [9.17, 15) is 9.90 Å². The first-order valence-electron chi connectivity index (χ1n) is 10.1. The van der Waals surface area contributed by atoms with Crippen molar-refractivity contribution in [1.82, 2.24) is 14.7 Å². The number of aromatic hydroxyl groups is 1. The summed E-state index contributed by atoms with van der Waals surface area (Å²) in [4.78, 5) is 17.0. The molecule has 7 heteroatoms. The van der Waals surface area contributed by atoms with E-state index in [1.54, 1.807) is 6.07 Å². The number of phenolic OH excluding ortho intramolecular Hbond substituents is 1. The molecule has 1 amide bonds.